The van der Waals surface area contributed by atoms with Gasteiger partial charge >= 0.3 is 6.09 Å². The van der Waals surface area contributed by atoms with Crippen molar-refractivity contribution in [2.75, 3.05) is 11.9 Å². The summed E-state index contributed by atoms with van der Waals surface area (Å²) in [6, 6.07) is 7.23. The van der Waals surface area contributed by atoms with E-state index in [2.05, 4.69) is 15.6 Å². The first kappa shape index (κ1) is 22.1. The van der Waals surface area contributed by atoms with Gasteiger partial charge in [-0.25, -0.2) is 9.78 Å². The summed E-state index contributed by atoms with van der Waals surface area (Å²) in [5, 5.41) is 18.5. The molecular formula is C22H26Cl2N4O3. The van der Waals surface area contributed by atoms with Crippen LogP contribution in [0, 0.1) is 0 Å². The Bertz CT molecular complexity index is 958. The Labute approximate surface area is 191 Å². The van der Waals surface area contributed by atoms with Crippen molar-refractivity contribution < 1.29 is 14.7 Å². The van der Waals surface area contributed by atoms with Gasteiger partial charge in [-0.15, -0.1) is 5.06 Å². The molecule has 0 saturated heterocycles. The first-order valence-corrected chi connectivity index (χ1v) is 11.2. The van der Waals surface area contributed by atoms with Crippen molar-refractivity contribution in [1.29, 1.82) is 0 Å². The lowest BCUT2D eigenvalue weighted by Gasteiger charge is -2.28. The van der Waals surface area contributed by atoms with Crippen LogP contribution in [0.4, 0.5) is 10.6 Å². The Morgan fingerprint density at radius 1 is 1.26 bits per heavy atom. The second kappa shape index (κ2) is 9.61. The minimum atomic E-state index is -0.519. The maximum absolute atomic E-state index is 12.4. The van der Waals surface area contributed by atoms with E-state index in [-0.39, 0.29) is 18.2 Å². The third-order valence-corrected chi connectivity index (χ3v) is 6.55. The molecule has 0 radical (unpaired) electrons. The largest absolute Gasteiger partial charge is 0.426 e. The minimum Gasteiger partial charge on any atom is -0.393 e. The molecule has 1 aromatic carbocycles. The SMILES string of the molecule is CC(NC(=O)ON1CCc2cnc(NC3CCC(O)C3)cc2C1)c1ccc(Cl)c(Cl)c1. The molecule has 3 unspecified atom stereocenters. The molecule has 166 valence electrons. The molecule has 2 aromatic rings. The number of pyridine rings is 1. The quantitative estimate of drug-likeness (QED) is 0.604. The van der Waals surface area contributed by atoms with Crippen molar-refractivity contribution in [2.45, 2.75) is 57.3 Å². The van der Waals surface area contributed by atoms with E-state index in [1.54, 1.807) is 17.2 Å². The van der Waals surface area contributed by atoms with Gasteiger partial charge in [0.05, 0.1) is 28.7 Å². The van der Waals surface area contributed by atoms with Crippen LogP contribution in [0.3, 0.4) is 0 Å². The Morgan fingerprint density at radius 2 is 2.10 bits per heavy atom. The molecule has 9 heteroatoms. The lowest BCUT2D eigenvalue weighted by molar-refractivity contribution is -0.111. The molecule has 1 aliphatic heterocycles. The number of fused-ring (bicyclic) bond motifs is 1. The molecule has 0 bridgehead atoms. The number of aliphatic hydroxyl groups excluding tert-OH is 1. The zero-order chi connectivity index (χ0) is 22.0. The second-order valence-electron chi connectivity index (χ2n) is 8.18. The smallest absolute Gasteiger partial charge is 0.393 e. The van der Waals surface area contributed by atoms with Gasteiger partial charge in [-0.3, -0.25) is 0 Å². The second-order valence-corrected chi connectivity index (χ2v) is 8.99. The molecule has 7 nitrogen and oxygen atoms in total. The normalized spacial score (nSPS) is 21.9. The Morgan fingerprint density at radius 3 is 2.84 bits per heavy atom. The molecule has 0 spiro atoms. The maximum Gasteiger partial charge on any atom is 0.426 e. The highest BCUT2D eigenvalue weighted by atomic mass is 35.5. The molecule has 3 atom stereocenters. The molecule has 1 amide bonds. The van der Waals surface area contributed by atoms with Crippen molar-refractivity contribution in [3.05, 3.63) is 57.2 Å². The number of benzene rings is 1. The van der Waals surface area contributed by atoms with Crippen LogP contribution >= 0.6 is 23.2 Å². The van der Waals surface area contributed by atoms with Crippen LogP contribution in [0.15, 0.2) is 30.5 Å². The molecule has 1 fully saturated rings. The summed E-state index contributed by atoms with van der Waals surface area (Å²) >= 11 is 12.0. The van der Waals surface area contributed by atoms with Crippen LogP contribution in [-0.4, -0.2) is 39.9 Å². The number of carbonyl (C=O) groups is 1. The number of aliphatic hydroxyl groups is 1. The Kier molecular flexibility index (Phi) is 6.86. The summed E-state index contributed by atoms with van der Waals surface area (Å²) in [5.41, 5.74) is 3.07. The van der Waals surface area contributed by atoms with Gasteiger partial charge in [0.2, 0.25) is 0 Å². The number of anilines is 1. The fourth-order valence-corrected chi connectivity index (χ4v) is 4.36. The summed E-state index contributed by atoms with van der Waals surface area (Å²) in [4.78, 5) is 22.4. The van der Waals surface area contributed by atoms with Crippen LogP contribution in [0.2, 0.25) is 10.0 Å². The van der Waals surface area contributed by atoms with Gasteiger partial charge in [0, 0.05) is 18.8 Å². The lowest BCUT2D eigenvalue weighted by atomic mass is 10.0. The van der Waals surface area contributed by atoms with Crippen LogP contribution in [0.1, 0.15) is 48.9 Å². The third kappa shape index (κ3) is 5.60. The summed E-state index contributed by atoms with van der Waals surface area (Å²) in [5.74, 6) is 0.789. The summed E-state index contributed by atoms with van der Waals surface area (Å²) in [6.07, 6.45) is 4.38. The van der Waals surface area contributed by atoms with E-state index >= 15 is 0 Å². The number of aromatic nitrogens is 1. The summed E-state index contributed by atoms with van der Waals surface area (Å²) in [6.45, 7) is 2.95. The van der Waals surface area contributed by atoms with Gasteiger partial charge in [-0.2, -0.15) is 0 Å². The molecule has 1 aromatic heterocycles. The number of hydrogen-bond acceptors (Lipinski definition) is 6. The van der Waals surface area contributed by atoms with Gasteiger partial charge in [0.15, 0.2) is 0 Å². The molecule has 31 heavy (non-hydrogen) atoms. The number of nitrogens with one attached hydrogen (secondary N) is 2. The molecule has 3 N–H and O–H groups in total. The average Bonchev–Trinajstić information content (AvgIpc) is 3.14. The fraction of sp³-hybridized carbons (Fsp3) is 0.455. The zero-order valence-corrected chi connectivity index (χ0v) is 18.8. The van der Waals surface area contributed by atoms with Gasteiger partial charge in [-0.1, -0.05) is 29.3 Å². The van der Waals surface area contributed by atoms with E-state index in [1.807, 2.05) is 25.3 Å². The Hall–Kier alpha value is -2.06. The van der Waals surface area contributed by atoms with Crippen molar-refractivity contribution in [3.8, 4) is 0 Å². The molecule has 4 rings (SSSR count). The summed E-state index contributed by atoms with van der Waals surface area (Å²) in [7, 11) is 0. The van der Waals surface area contributed by atoms with Crippen molar-refractivity contribution in [3.63, 3.8) is 0 Å². The average molecular weight is 465 g/mol. The number of hydrogen-bond donors (Lipinski definition) is 3. The van der Waals surface area contributed by atoms with Gasteiger partial charge < -0.3 is 20.6 Å². The third-order valence-electron chi connectivity index (χ3n) is 5.81. The number of hydroxylamine groups is 2. The standard InChI is InChI=1S/C22H26Cl2N4O3/c1-13(14-2-5-19(23)20(24)8-14)26-22(30)31-28-7-6-15-11-25-21(9-16(15)12-28)27-17-3-4-18(29)10-17/h2,5,8-9,11,13,17-18,29H,3-4,6-7,10,12H2,1H3,(H,25,27)(H,26,30). The van der Waals surface area contributed by atoms with E-state index in [0.29, 0.717) is 23.1 Å². The zero-order valence-electron chi connectivity index (χ0n) is 17.3. The van der Waals surface area contributed by atoms with Crippen LogP contribution in [0.25, 0.3) is 0 Å². The van der Waals surface area contributed by atoms with E-state index in [4.69, 9.17) is 28.0 Å². The molecule has 2 aliphatic rings. The molecule has 1 aliphatic carbocycles. The molecular weight excluding hydrogens is 439 g/mol. The monoisotopic (exact) mass is 464 g/mol. The number of carbonyl (C=O) groups excluding carboxylic acids is 1. The highest BCUT2D eigenvalue weighted by Gasteiger charge is 2.25. The molecule has 1 saturated carbocycles. The van der Waals surface area contributed by atoms with Crippen molar-refractivity contribution in [1.82, 2.24) is 15.4 Å². The highest BCUT2D eigenvalue weighted by molar-refractivity contribution is 6.42. The highest BCUT2D eigenvalue weighted by Crippen LogP contribution is 2.27. The van der Waals surface area contributed by atoms with Crippen molar-refractivity contribution in [2.24, 2.45) is 0 Å². The molecule has 2 heterocycles. The topological polar surface area (TPSA) is 86.7 Å². The predicted octanol–water partition coefficient (Wildman–Crippen LogP) is 4.47. The predicted molar refractivity (Wildman–Crippen MR) is 120 cm³/mol. The van der Waals surface area contributed by atoms with Crippen LogP contribution in [0.5, 0.6) is 0 Å². The van der Waals surface area contributed by atoms with Gasteiger partial charge in [0.25, 0.3) is 0 Å². The first-order chi connectivity index (χ1) is 14.9. The van der Waals surface area contributed by atoms with E-state index in [9.17, 15) is 9.90 Å². The van der Waals surface area contributed by atoms with Crippen LogP contribution in [-0.2, 0) is 17.8 Å². The summed E-state index contributed by atoms with van der Waals surface area (Å²) < 4.78 is 0. The van der Waals surface area contributed by atoms with E-state index < -0.39 is 6.09 Å². The number of nitrogens with zero attached hydrogens (tertiary/aromatic N) is 2. The lowest BCUT2D eigenvalue weighted by Crippen LogP contribution is -2.38. The maximum atomic E-state index is 12.4. The first-order valence-electron chi connectivity index (χ1n) is 10.5. The number of rotatable bonds is 5. The van der Waals surface area contributed by atoms with Crippen molar-refractivity contribution >= 4 is 35.1 Å². The van der Waals surface area contributed by atoms with E-state index in [0.717, 1.165) is 48.2 Å². The van der Waals surface area contributed by atoms with Gasteiger partial charge in [-0.05, 0) is 67.5 Å². The minimum absolute atomic E-state index is 0.233. The number of halogens is 2. The van der Waals surface area contributed by atoms with Gasteiger partial charge in [0.1, 0.15) is 5.82 Å². The number of amides is 1. The van der Waals surface area contributed by atoms with Crippen LogP contribution < -0.4 is 10.6 Å². The fourth-order valence-electron chi connectivity index (χ4n) is 4.05. The Balaban J connectivity index is 1.33. The van der Waals surface area contributed by atoms with E-state index in [1.165, 1.54) is 0 Å².